The molecule has 0 radical (unpaired) electrons. The van der Waals surface area contributed by atoms with Crippen LogP contribution in [0.5, 0.6) is 0 Å². The molecule has 134 valence electrons. The number of carbonyl (C=O) groups is 1. The summed E-state index contributed by atoms with van der Waals surface area (Å²) in [5, 5.41) is 5.44. The zero-order valence-electron chi connectivity index (χ0n) is 14.7. The van der Waals surface area contributed by atoms with Crippen molar-refractivity contribution in [3.63, 3.8) is 0 Å². The Kier molecular flexibility index (Phi) is 6.01. The molecular formula is C18H22F2N4O. The van der Waals surface area contributed by atoms with Crippen LogP contribution in [0.4, 0.5) is 13.6 Å². The lowest BCUT2D eigenvalue weighted by Crippen LogP contribution is -2.40. The second-order valence-electron chi connectivity index (χ2n) is 6.26. The largest absolute Gasteiger partial charge is 0.332 e. The number of hydrogen-bond acceptors (Lipinski definition) is 3. The van der Waals surface area contributed by atoms with Crippen molar-refractivity contribution in [3.05, 3.63) is 58.7 Å². The molecule has 0 saturated carbocycles. The van der Waals surface area contributed by atoms with Crippen LogP contribution in [0.3, 0.4) is 0 Å². The van der Waals surface area contributed by atoms with Gasteiger partial charge >= 0.3 is 6.03 Å². The van der Waals surface area contributed by atoms with Crippen LogP contribution in [0.2, 0.25) is 0 Å². The monoisotopic (exact) mass is 348 g/mol. The molecule has 0 bridgehead atoms. The highest BCUT2D eigenvalue weighted by molar-refractivity contribution is 5.74. The molecule has 0 aliphatic heterocycles. The number of hydrogen-bond donors (Lipinski definition) is 2. The molecule has 0 aliphatic carbocycles. The van der Waals surface area contributed by atoms with Crippen LogP contribution in [0.15, 0.2) is 24.3 Å². The molecule has 5 nitrogen and oxygen atoms in total. The molecule has 0 aliphatic rings. The van der Waals surface area contributed by atoms with Crippen LogP contribution in [0.25, 0.3) is 0 Å². The van der Waals surface area contributed by atoms with E-state index in [4.69, 9.17) is 0 Å². The Balaban J connectivity index is 2.05. The predicted molar refractivity (Wildman–Crippen MR) is 90.8 cm³/mol. The Labute approximate surface area is 145 Å². The first-order chi connectivity index (χ1) is 11.8. The number of carbonyl (C=O) groups excluding carboxylic acids is 1. The molecule has 1 heterocycles. The molecule has 1 atom stereocenters. The van der Waals surface area contributed by atoms with Crippen molar-refractivity contribution in [3.8, 4) is 0 Å². The van der Waals surface area contributed by atoms with Gasteiger partial charge in [-0.1, -0.05) is 19.9 Å². The van der Waals surface area contributed by atoms with Gasteiger partial charge in [-0.2, -0.15) is 0 Å². The Hall–Kier alpha value is -2.57. The van der Waals surface area contributed by atoms with E-state index < -0.39 is 23.7 Å². The van der Waals surface area contributed by atoms with Gasteiger partial charge in [0.2, 0.25) is 0 Å². The van der Waals surface area contributed by atoms with Crippen LogP contribution in [0, 0.1) is 31.4 Å². The van der Waals surface area contributed by atoms with E-state index in [-0.39, 0.29) is 18.0 Å². The summed E-state index contributed by atoms with van der Waals surface area (Å²) in [7, 11) is 0. The molecule has 0 unspecified atom stereocenters. The van der Waals surface area contributed by atoms with Crippen molar-refractivity contribution >= 4 is 6.03 Å². The highest BCUT2D eigenvalue weighted by Gasteiger charge is 2.22. The summed E-state index contributed by atoms with van der Waals surface area (Å²) in [4.78, 5) is 20.6. The molecule has 2 N–H and O–H groups in total. The third-order valence-corrected chi connectivity index (χ3v) is 3.70. The highest BCUT2D eigenvalue weighted by atomic mass is 19.1. The maximum absolute atomic E-state index is 14.0. The van der Waals surface area contributed by atoms with Crippen molar-refractivity contribution in [2.45, 2.75) is 40.3 Å². The molecule has 0 saturated heterocycles. The minimum atomic E-state index is -0.680. The van der Waals surface area contributed by atoms with Gasteiger partial charge in [-0.15, -0.1) is 0 Å². The summed E-state index contributed by atoms with van der Waals surface area (Å²) in [6.45, 7) is 7.57. The molecule has 2 rings (SSSR count). The van der Waals surface area contributed by atoms with Crippen LogP contribution in [-0.4, -0.2) is 16.0 Å². The number of urea groups is 1. The SMILES string of the molecule is Cc1cc(CNC(=O)N[C@@H](c2ccc(F)cc2F)C(C)C)nc(C)n1. The lowest BCUT2D eigenvalue weighted by Gasteiger charge is -2.23. The summed E-state index contributed by atoms with van der Waals surface area (Å²) >= 11 is 0. The second-order valence-corrected chi connectivity index (χ2v) is 6.26. The van der Waals surface area contributed by atoms with Gasteiger partial charge in [0.15, 0.2) is 0 Å². The first-order valence-corrected chi connectivity index (χ1v) is 8.06. The minimum absolute atomic E-state index is 0.0748. The normalized spacial score (nSPS) is 12.1. The molecule has 7 heteroatoms. The average Bonchev–Trinajstić information content (AvgIpc) is 2.50. The lowest BCUT2D eigenvalue weighted by molar-refractivity contribution is 0.232. The molecule has 0 spiro atoms. The van der Waals surface area contributed by atoms with E-state index in [9.17, 15) is 13.6 Å². The molecule has 25 heavy (non-hydrogen) atoms. The topological polar surface area (TPSA) is 66.9 Å². The number of halogens is 2. The number of amides is 2. The van der Waals surface area contributed by atoms with Crippen molar-refractivity contribution in [1.82, 2.24) is 20.6 Å². The van der Waals surface area contributed by atoms with E-state index in [1.807, 2.05) is 20.8 Å². The Morgan fingerprint density at radius 3 is 2.48 bits per heavy atom. The number of nitrogens with one attached hydrogen (secondary N) is 2. The first-order valence-electron chi connectivity index (χ1n) is 8.06. The molecule has 2 aromatic rings. The van der Waals surface area contributed by atoms with Gasteiger partial charge in [0.1, 0.15) is 17.5 Å². The van der Waals surface area contributed by atoms with Gasteiger partial charge in [-0.3, -0.25) is 0 Å². The fraction of sp³-hybridized carbons (Fsp3) is 0.389. The summed E-state index contributed by atoms with van der Waals surface area (Å²) in [6, 6.07) is 4.11. The van der Waals surface area contributed by atoms with Crippen LogP contribution in [0.1, 0.15) is 42.7 Å². The van der Waals surface area contributed by atoms with E-state index in [0.29, 0.717) is 11.5 Å². The maximum atomic E-state index is 14.0. The minimum Gasteiger partial charge on any atom is -0.332 e. The number of rotatable bonds is 5. The fourth-order valence-electron chi connectivity index (χ4n) is 2.60. The molecule has 1 aromatic carbocycles. The van der Waals surface area contributed by atoms with Crippen LogP contribution in [-0.2, 0) is 6.54 Å². The van der Waals surface area contributed by atoms with E-state index in [0.717, 1.165) is 11.8 Å². The van der Waals surface area contributed by atoms with Crippen LogP contribution >= 0.6 is 0 Å². The number of aromatic nitrogens is 2. The van der Waals surface area contributed by atoms with Crippen LogP contribution < -0.4 is 10.6 Å². The Morgan fingerprint density at radius 1 is 1.16 bits per heavy atom. The average molecular weight is 348 g/mol. The second kappa shape index (κ2) is 8.00. The molecule has 0 fully saturated rings. The summed E-state index contributed by atoms with van der Waals surface area (Å²) in [5.41, 5.74) is 1.76. The lowest BCUT2D eigenvalue weighted by atomic mass is 9.95. The predicted octanol–water partition coefficient (Wildman–Crippen LogP) is 3.57. The van der Waals surface area contributed by atoms with Gasteiger partial charge in [-0.25, -0.2) is 23.5 Å². The van der Waals surface area contributed by atoms with Gasteiger partial charge in [0.25, 0.3) is 0 Å². The number of benzene rings is 1. The van der Waals surface area contributed by atoms with Gasteiger partial charge in [-0.05, 0) is 31.9 Å². The summed E-state index contributed by atoms with van der Waals surface area (Å²) in [6.07, 6.45) is 0. The molecule has 2 amide bonds. The third kappa shape index (κ3) is 5.20. The zero-order chi connectivity index (χ0) is 18.6. The Morgan fingerprint density at radius 2 is 1.88 bits per heavy atom. The van der Waals surface area contributed by atoms with Gasteiger partial charge in [0, 0.05) is 17.3 Å². The van der Waals surface area contributed by atoms with Gasteiger partial charge < -0.3 is 10.6 Å². The van der Waals surface area contributed by atoms with E-state index >= 15 is 0 Å². The first kappa shape index (κ1) is 18.8. The summed E-state index contributed by atoms with van der Waals surface area (Å²) < 4.78 is 27.1. The number of aryl methyl sites for hydroxylation is 2. The van der Waals surface area contributed by atoms with Crippen molar-refractivity contribution < 1.29 is 13.6 Å². The van der Waals surface area contributed by atoms with Gasteiger partial charge in [0.05, 0.1) is 18.3 Å². The van der Waals surface area contributed by atoms with Crippen molar-refractivity contribution in [1.29, 1.82) is 0 Å². The third-order valence-electron chi connectivity index (χ3n) is 3.70. The van der Waals surface area contributed by atoms with Crippen molar-refractivity contribution in [2.75, 3.05) is 0 Å². The van der Waals surface area contributed by atoms with E-state index in [1.165, 1.54) is 12.1 Å². The fourth-order valence-corrected chi connectivity index (χ4v) is 2.60. The van der Waals surface area contributed by atoms with Crippen molar-refractivity contribution in [2.24, 2.45) is 5.92 Å². The standard InChI is InChI=1S/C18H22F2N4O/c1-10(2)17(15-6-5-13(19)8-16(15)20)24-18(25)21-9-14-7-11(3)22-12(4)23-14/h5-8,10,17H,9H2,1-4H3,(H2,21,24,25)/t17-/m1/s1. The molecule has 1 aromatic heterocycles. The zero-order valence-corrected chi connectivity index (χ0v) is 14.7. The van der Waals surface area contributed by atoms with E-state index in [2.05, 4.69) is 20.6 Å². The molecular weight excluding hydrogens is 326 g/mol. The van der Waals surface area contributed by atoms with E-state index in [1.54, 1.807) is 13.0 Å². The Bertz CT molecular complexity index is 744. The highest BCUT2D eigenvalue weighted by Crippen LogP contribution is 2.24. The maximum Gasteiger partial charge on any atom is 0.315 e. The quantitative estimate of drug-likeness (QED) is 0.868. The summed E-state index contributed by atoms with van der Waals surface area (Å²) in [5.74, 6) is -0.774. The number of nitrogens with zero attached hydrogens (tertiary/aromatic N) is 2. The smallest absolute Gasteiger partial charge is 0.315 e.